The average molecular weight is 322 g/mol. The molecular weight excluding hydrogens is 305 g/mol. The lowest BCUT2D eigenvalue weighted by molar-refractivity contribution is 0.0935. The van der Waals surface area contributed by atoms with E-state index in [1.807, 2.05) is 43.3 Å². The number of alkyl halides is 1. The van der Waals surface area contributed by atoms with Gasteiger partial charge in [-0.05, 0) is 41.8 Å². The van der Waals surface area contributed by atoms with Gasteiger partial charge in [-0.25, -0.2) is 0 Å². The maximum atomic E-state index is 12.3. The molecule has 4 heteroatoms. The van der Waals surface area contributed by atoms with E-state index in [1.165, 1.54) is 0 Å². The van der Waals surface area contributed by atoms with Crippen LogP contribution in [-0.2, 0) is 5.88 Å². The number of rotatable bonds is 5. The predicted molar refractivity (Wildman–Crippen MR) is 87.9 cm³/mol. The molecule has 0 fully saturated rings. The van der Waals surface area contributed by atoms with Crippen LogP contribution in [0.5, 0.6) is 0 Å². The van der Waals surface area contributed by atoms with Gasteiger partial charge in [0.25, 0.3) is 5.91 Å². The molecule has 2 rings (SSSR count). The molecule has 110 valence electrons. The summed E-state index contributed by atoms with van der Waals surface area (Å²) in [6.45, 7) is 2.04. The number of amides is 1. The van der Waals surface area contributed by atoms with Gasteiger partial charge < -0.3 is 5.32 Å². The maximum Gasteiger partial charge on any atom is 0.251 e. The van der Waals surface area contributed by atoms with Gasteiger partial charge in [0.15, 0.2) is 0 Å². The van der Waals surface area contributed by atoms with Crippen LogP contribution in [-0.4, -0.2) is 5.91 Å². The molecule has 0 saturated carbocycles. The van der Waals surface area contributed by atoms with Gasteiger partial charge >= 0.3 is 0 Å². The Hall–Kier alpha value is -1.51. The number of nitrogens with one attached hydrogen (secondary N) is 1. The largest absolute Gasteiger partial charge is 0.345 e. The molecule has 0 saturated heterocycles. The second-order valence-electron chi connectivity index (χ2n) is 4.82. The van der Waals surface area contributed by atoms with Crippen LogP contribution in [0.3, 0.4) is 0 Å². The van der Waals surface area contributed by atoms with Gasteiger partial charge in [-0.1, -0.05) is 42.8 Å². The van der Waals surface area contributed by atoms with Crippen LogP contribution in [0.2, 0.25) is 5.02 Å². The highest BCUT2D eigenvalue weighted by Crippen LogP contribution is 2.20. The van der Waals surface area contributed by atoms with Crippen LogP contribution in [0.1, 0.15) is 40.9 Å². The van der Waals surface area contributed by atoms with E-state index in [-0.39, 0.29) is 11.9 Å². The van der Waals surface area contributed by atoms with E-state index in [4.69, 9.17) is 23.2 Å². The van der Waals surface area contributed by atoms with E-state index in [0.29, 0.717) is 16.5 Å². The van der Waals surface area contributed by atoms with Crippen molar-refractivity contribution in [3.63, 3.8) is 0 Å². The quantitative estimate of drug-likeness (QED) is 0.775. The molecule has 0 aliphatic carbocycles. The Morgan fingerprint density at radius 3 is 2.24 bits per heavy atom. The minimum absolute atomic E-state index is 0.0255. The highest BCUT2D eigenvalue weighted by molar-refractivity contribution is 6.30. The van der Waals surface area contributed by atoms with Crippen LogP contribution in [0, 0.1) is 0 Å². The maximum absolute atomic E-state index is 12.3. The van der Waals surface area contributed by atoms with E-state index in [0.717, 1.165) is 17.5 Å². The van der Waals surface area contributed by atoms with Crippen molar-refractivity contribution < 1.29 is 4.79 Å². The summed E-state index contributed by atoms with van der Waals surface area (Å²) in [6.07, 6.45) is 0.813. The minimum atomic E-state index is -0.0853. The smallest absolute Gasteiger partial charge is 0.251 e. The molecule has 2 aromatic rings. The zero-order valence-electron chi connectivity index (χ0n) is 11.8. The molecule has 0 spiro atoms. The Bertz CT molecular complexity index is 593. The first-order chi connectivity index (χ1) is 10.1. The van der Waals surface area contributed by atoms with Crippen molar-refractivity contribution in [3.05, 3.63) is 70.2 Å². The molecule has 1 unspecified atom stereocenters. The van der Waals surface area contributed by atoms with Gasteiger partial charge in [0, 0.05) is 16.5 Å². The summed E-state index contributed by atoms with van der Waals surface area (Å²) in [5.74, 6) is 0.363. The number of hydrogen-bond donors (Lipinski definition) is 1. The summed E-state index contributed by atoms with van der Waals surface area (Å²) < 4.78 is 0. The Balaban J connectivity index is 2.10. The van der Waals surface area contributed by atoms with Gasteiger partial charge in [0.2, 0.25) is 0 Å². The Labute approximate surface area is 135 Å². The third-order valence-electron chi connectivity index (χ3n) is 3.36. The number of halogens is 2. The first-order valence-corrected chi connectivity index (χ1v) is 7.76. The fraction of sp³-hybridized carbons (Fsp3) is 0.235. The molecule has 2 nitrogen and oxygen atoms in total. The predicted octanol–water partition coefficient (Wildman–Crippen LogP) is 4.96. The summed E-state index contributed by atoms with van der Waals surface area (Å²) in [5.41, 5.74) is 2.68. The Morgan fingerprint density at radius 2 is 1.71 bits per heavy atom. The molecule has 1 amide bonds. The molecule has 0 bridgehead atoms. The molecule has 1 N–H and O–H groups in total. The molecule has 2 aromatic carbocycles. The van der Waals surface area contributed by atoms with E-state index in [9.17, 15) is 4.79 Å². The Morgan fingerprint density at radius 1 is 1.10 bits per heavy atom. The number of carbonyl (C=O) groups is 1. The molecule has 21 heavy (non-hydrogen) atoms. The fourth-order valence-corrected chi connectivity index (χ4v) is 2.41. The van der Waals surface area contributed by atoms with Crippen molar-refractivity contribution in [2.45, 2.75) is 25.3 Å². The fourth-order valence-electron chi connectivity index (χ4n) is 2.10. The van der Waals surface area contributed by atoms with E-state index in [2.05, 4.69) is 5.32 Å². The molecule has 1 atom stereocenters. The summed E-state index contributed by atoms with van der Waals surface area (Å²) >= 11 is 11.6. The van der Waals surface area contributed by atoms with E-state index < -0.39 is 0 Å². The van der Waals surface area contributed by atoms with Crippen molar-refractivity contribution in [2.75, 3.05) is 0 Å². The van der Waals surface area contributed by atoms with E-state index in [1.54, 1.807) is 12.1 Å². The summed E-state index contributed by atoms with van der Waals surface area (Å²) in [7, 11) is 0. The minimum Gasteiger partial charge on any atom is -0.345 e. The van der Waals surface area contributed by atoms with Gasteiger partial charge in [0.05, 0.1) is 6.04 Å². The lowest BCUT2D eigenvalue weighted by atomic mass is 10.0. The molecule has 0 heterocycles. The second kappa shape index (κ2) is 7.48. The van der Waals surface area contributed by atoms with Crippen molar-refractivity contribution in [1.29, 1.82) is 0 Å². The zero-order valence-corrected chi connectivity index (χ0v) is 13.3. The van der Waals surface area contributed by atoms with E-state index >= 15 is 0 Å². The number of carbonyl (C=O) groups excluding carboxylic acids is 1. The highest BCUT2D eigenvalue weighted by Gasteiger charge is 2.14. The highest BCUT2D eigenvalue weighted by atomic mass is 35.5. The van der Waals surface area contributed by atoms with Crippen LogP contribution < -0.4 is 5.32 Å². The lowest BCUT2D eigenvalue weighted by Crippen LogP contribution is -2.28. The van der Waals surface area contributed by atoms with Gasteiger partial charge in [-0.3, -0.25) is 4.79 Å². The molecular formula is C17H17Cl2NO. The molecule has 0 radical (unpaired) electrons. The topological polar surface area (TPSA) is 29.1 Å². The Kier molecular flexibility index (Phi) is 5.66. The van der Waals surface area contributed by atoms with Crippen molar-refractivity contribution in [1.82, 2.24) is 5.32 Å². The summed E-state index contributed by atoms with van der Waals surface area (Å²) in [6, 6.07) is 14.8. The lowest BCUT2D eigenvalue weighted by Gasteiger charge is -2.17. The number of benzene rings is 2. The van der Waals surface area contributed by atoms with Gasteiger partial charge in [-0.2, -0.15) is 0 Å². The first-order valence-electron chi connectivity index (χ1n) is 6.85. The van der Waals surface area contributed by atoms with Crippen LogP contribution >= 0.6 is 23.2 Å². The van der Waals surface area contributed by atoms with Crippen molar-refractivity contribution in [2.24, 2.45) is 0 Å². The normalized spacial score (nSPS) is 12.0. The van der Waals surface area contributed by atoms with Crippen molar-refractivity contribution >= 4 is 29.1 Å². The van der Waals surface area contributed by atoms with Crippen LogP contribution in [0.4, 0.5) is 0 Å². The molecule has 0 aromatic heterocycles. The van der Waals surface area contributed by atoms with Crippen molar-refractivity contribution in [3.8, 4) is 0 Å². The first kappa shape index (κ1) is 15.9. The second-order valence-corrected chi connectivity index (χ2v) is 5.52. The summed E-state index contributed by atoms with van der Waals surface area (Å²) in [5, 5.41) is 3.73. The standard InChI is InChI=1S/C17H17Cl2NO/c1-2-16(13-7-9-15(19)10-8-13)20-17(21)14-5-3-12(11-18)4-6-14/h3-10,16H,2,11H2,1H3,(H,20,21). The number of hydrogen-bond acceptors (Lipinski definition) is 1. The zero-order chi connectivity index (χ0) is 15.2. The summed E-state index contributed by atoms with van der Waals surface area (Å²) in [4.78, 5) is 12.3. The van der Waals surface area contributed by atoms with Gasteiger partial charge in [-0.15, -0.1) is 11.6 Å². The average Bonchev–Trinajstić information content (AvgIpc) is 2.53. The van der Waals surface area contributed by atoms with Crippen LogP contribution in [0.15, 0.2) is 48.5 Å². The van der Waals surface area contributed by atoms with Gasteiger partial charge in [0.1, 0.15) is 0 Å². The SMILES string of the molecule is CCC(NC(=O)c1ccc(CCl)cc1)c1ccc(Cl)cc1. The van der Waals surface area contributed by atoms with Crippen LogP contribution in [0.25, 0.3) is 0 Å². The molecule has 0 aliphatic heterocycles. The third-order valence-corrected chi connectivity index (χ3v) is 3.92. The monoisotopic (exact) mass is 321 g/mol. The third kappa shape index (κ3) is 4.23. The molecule has 0 aliphatic rings.